The maximum Gasteiger partial charge on any atom is 0.220 e. The average molecular weight is 390 g/mol. The van der Waals surface area contributed by atoms with Gasteiger partial charge in [0.15, 0.2) is 11.5 Å². The molecule has 0 atom stereocenters. The highest BCUT2D eigenvalue weighted by Gasteiger charge is 2.22. The fourth-order valence-electron chi connectivity index (χ4n) is 3.61. The van der Waals surface area contributed by atoms with Crippen molar-refractivity contribution in [3.05, 3.63) is 53.6 Å². The monoisotopic (exact) mass is 390 g/mol. The molecule has 4 rings (SSSR count). The summed E-state index contributed by atoms with van der Waals surface area (Å²) in [5.41, 5.74) is 4.97. The zero-order valence-electron chi connectivity index (χ0n) is 17.1. The summed E-state index contributed by atoms with van der Waals surface area (Å²) in [5, 5.41) is 4.15. The summed E-state index contributed by atoms with van der Waals surface area (Å²) >= 11 is 0. The van der Waals surface area contributed by atoms with E-state index >= 15 is 0 Å². The number of amides is 1. The van der Waals surface area contributed by atoms with Gasteiger partial charge in [0.2, 0.25) is 5.91 Å². The molecule has 3 aromatic rings. The molecular weight excluding hydrogens is 364 g/mol. The first-order valence-corrected chi connectivity index (χ1v) is 10.00. The van der Waals surface area contributed by atoms with Crippen molar-refractivity contribution in [1.82, 2.24) is 10.3 Å². The van der Waals surface area contributed by atoms with Crippen molar-refractivity contribution < 1.29 is 14.3 Å². The molecular formula is C24H26N2O3. The minimum Gasteiger partial charge on any atom is -0.493 e. The second-order valence-corrected chi connectivity index (χ2v) is 7.56. The van der Waals surface area contributed by atoms with Gasteiger partial charge in [-0.2, -0.15) is 0 Å². The molecule has 0 spiro atoms. The number of carbonyl (C=O) groups is 1. The van der Waals surface area contributed by atoms with Crippen LogP contribution in [-0.4, -0.2) is 31.2 Å². The Bertz CT molecular complexity index is 1060. The lowest BCUT2D eigenvalue weighted by atomic mass is 10.0. The van der Waals surface area contributed by atoms with E-state index in [1.54, 1.807) is 14.2 Å². The largest absolute Gasteiger partial charge is 0.493 e. The van der Waals surface area contributed by atoms with E-state index < -0.39 is 0 Å². The molecule has 1 aromatic heterocycles. The van der Waals surface area contributed by atoms with E-state index in [4.69, 9.17) is 14.5 Å². The predicted octanol–water partition coefficient (Wildman–Crippen LogP) is 4.44. The van der Waals surface area contributed by atoms with Gasteiger partial charge in [-0.3, -0.25) is 4.79 Å². The van der Waals surface area contributed by atoms with Crippen molar-refractivity contribution in [2.45, 2.75) is 38.6 Å². The van der Waals surface area contributed by atoms with Crippen molar-refractivity contribution in [2.75, 3.05) is 14.2 Å². The molecule has 1 aliphatic rings. The van der Waals surface area contributed by atoms with Crippen LogP contribution in [0.5, 0.6) is 11.5 Å². The number of aryl methyl sites for hydroxylation is 2. The number of fused-ring (bicyclic) bond motifs is 1. The molecule has 1 saturated carbocycles. The summed E-state index contributed by atoms with van der Waals surface area (Å²) in [6.07, 6.45) is 3.49. The number of nitrogens with one attached hydrogen (secondary N) is 1. The number of carbonyl (C=O) groups excluding carboxylic acids is 1. The molecule has 1 amide bonds. The van der Waals surface area contributed by atoms with Crippen molar-refractivity contribution >= 4 is 16.8 Å². The second kappa shape index (κ2) is 8.11. The van der Waals surface area contributed by atoms with E-state index in [0.29, 0.717) is 24.0 Å². The molecule has 0 aliphatic heterocycles. The fraction of sp³-hybridized carbons (Fsp3) is 0.333. The second-order valence-electron chi connectivity index (χ2n) is 7.56. The zero-order valence-corrected chi connectivity index (χ0v) is 17.1. The number of rotatable bonds is 7. The molecule has 150 valence electrons. The number of aromatic nitrogens is 1. The van der Waals surface area contributed by atoms with Crippen LogP contribution >= 0.6 is 0 Å². The van der Waals surface area contributed by atoms with Gasteiger partial charge in [-0.1, -0.05) is 12.1 Å². The standard InChI is InChI=1S/C24H26N2O3/c1-15-13-21(18-5-4-6-22(28-2)24(18)29-3)26-20-11-7-16(14-19(15)20)8-12-23(27)25-17-9-10-17/h4-7,11,13-14,17H,8-10,12H2,1-3H3,(H,25,27). The van der Waals surface area contributed by atoms with Gasteiger partial charge in [-0.05, 0) is 67.6 Å². The van der Waals surface area contributed by atoms with E-state index in [1.807, 2.05) is 24.3 Å². The Hall–Kier alpha value is -3.08. The molecule has 5 heteroatoms. The Morgan fingerprint density at radius 1 is 1.14 bits per heavy atom. The predicted molar refractivity (Wildman–Crippen MR) is 115 cm³/mol. The Labute approximate surface area is 171 Å². The summed E-state index contributed by atoms with van der Waals surface area (Å²) in [6.45, 7) is 2.09. The molecule has 1 fully saturated rings. The minimum absolute atomic E-state index is 0.142. The van der Waals surface area contributed by atoms with Gasteiger partial charge in [0.05, 0.1) is 25.4 Å². The lowest BCUT2D eigenvalue weighted by Crippen LogP contribution is -2.25. The van der Waals surface area contributed by atoms with Crippen LogP contribution in [0.2, 0.25) is 0 Å². The molecule has 1 N–H and O–H groups in total. The number of hydrogen-bond acceptors (Lipinski definition) is 4. The summed E-state index contributed by atoms with van der Waals surface area (Å²) in [4.78, 5) is 16.8. The van der Waals surface area contributed by atoms with Crippen LogP contribution in [0.25, 0.3) is 22.2 Å². The highest BCUT2D eigenvalue weighted by molar-refractivity contribution is 5.87. The van der Waals surface area contributed by atoms with Crippen LogP contribution in [0.15, 0.2) is 42.5 Å². The Balaban J connectivity index is 1.62. The van der Waals surface area contributed by atoms with E-state index in [9.17, 15) is 4.79 Å². The SMILES string of the molecule is COc1cccc(-c2cc(C)c3cc(CCC(=O)NC4CC4)ccc3n2)c1OC. The van der Waals surface area contributed by atoms with Gasteiger partial charge >= 0.3 is 0 Å². The number of para-hydroxylation sites is 1. The molecule has 5 nitrogen and oxygen atoms in total. The number of ether oxygens (including phenoxy) is 2. The first-order chi connectivity index (χ1) is 14.1. The number of hydrogen-bond donors (Lipinski definition) is 1. The third-order valence-electron chi connectivity index (χ3n) is 5.34. The van der Waals surface area contributed by atoms with Gasteiger partial charge < -0.3 is 14.8 Å². The lowest BCUT2D eigenvalue weighted by molar-refractivity contribution is -0.121. The topological polar surface area (TPSA) is 60.5 Å². The van der Waals surface area contributed by atoms with Crippen LogP contribution in [0.1, 0.15) is 30.4 Å². The van der Waals surface area contributed by atoms with E-state index in [0.717, 1.165) is 52.5 Å². The van der Waals surface area contributed by atoms with Gasteiger partial charge in [-0.25, -0.2) is 4.98 Å². The fourth-order valence-corrected chi connectivity index (χ4v) is 3.61. The van der Waals surface area contributed by atoms with Gasteiger partial charge in [-0.15, -0.1) is 0 Å². The summed E-state index contributed by atoms with van der Waals surface area (Å²) < 4.78 is 11.0. The van der Waals surface area contributed by atoms with Crippen LogP contribution in [0, 0.1) is 6.92 Å². The average Bonchev–Trinajstić information content (AvgIpc) is 3.55. The summed E-state index contributed by atoms with van der Waals surface area (Å²) in [5.74, 6) is 1.51. The maximum absolute atomic E-state index is 12.0. The molecule has 2 aromatic carbocycles. The van der Waals surface area contributed by atoms with Crippen molar-refractivity contribution in [2.24, 2.45) is 0 Å². The maximum atomic E-state index is 12.0. The molecule has 1 aliphatic carbocycles. The van der Waals surface area contributed by atoms with Crippen LogP contribution in [0.4, 0.5) is 0 Å². The van der Waals surface area contributed by atoms with E-state index in [2.05, 4.69) is 30.4 Å². The first-order valence-electron chi connectivity index (χ1n) is 10.00. The van der Waals surface area contributed by atoms with E-state index in [1.165, 1.54) is 0 Å². The lowest BCUT2D eigenvalue weighted by Gasteiger charge is -2.14. The van der Waals surface area contributed by atoms with Crippen molar-refractivity contribution in [3.63, 3.8) is 0 Å². The van der Waals surface area contributed by atoms with Crippen LogP contribution in [-0.2, 0) is 11.2 Å². The number of nitrogens with zero attached hydrogens (tertiary/aromatic N) is 1. The molecule has 0 radical (unpaired) electrons. The van der Waals surface area contributed by atoms with Gasteiger partial charge in [0, 0.05) is 23.4 Å². The molecule has 0 bridgehead atoms. The highest BCUT2D eigenvalue weighted by Crippen LogP contribution is 2.38. The molecule has 29 heavy (non-hydrogen) atoms. The molecule has 0 unspecified atom stereocenters. The van der Waals surface area contributed by atoms with Crippen molar-refractivity contribution in [3.8, 4) is 22.8 Å². The summed E-state index contributed by atoms with van der Waals surface area (Å²) in [6, 6.07) is 14.5. The van der Waals surface area contributed by atoms with Gasteiger partial charge in [0.1, 0.15) is 0 Å². The van der Waals surface area contributed by atoms with Crippen LogP contribution in [0.3, 0.4) is 0 Å². The van der Waals surface area contributed by atoms with E-state index in [-0.39, 0.29) is 5.91 Å². The molecule has 1 heterocycles. The highest BCUT2D eigenvalue weighted by atomic mass is 16.5. The minimum atomic E-state index is 0.142. The first kappa shape index (κ1) is 19.2. The third-order valence-corrected chi connectivity index (χ3v) is 5.34. The van der Waals surface area contributed by atoms with Crippen LogP contribution < -0.4 is 14.8 Å². The normalized spacial score (nSPS) is 13.3. The Morgan fingerprint density at radius 2 is 1.97 bits per heavy atom. The number of pyridine rings is 1. The smallest absolute Gasteiger partial charge is 0.220 e. The third kappa shape index (κ3) is 4.19. The van der Waals surface area contributed by atoms with Gasteiger partial charge in [0.25, 0.3) is 0 Å². The Kier molecular flexibility index (Phi) is 5.38. The number of methoxy groups -OCH3 is 2. The summed E-state index contributed by atoms with van der Waals surface area (Å²) in [7, 11) is 3.27. The van der Waals surface area contributed by atoms with Crippen molar-refractivity contribution in [1.29, 1.82) is 0 Å². The molecule has 0 saturated heterocycles. The number of benzene rings is 2. The quantitative estimate of drug-likeness (QED) is 0.648. The zero-order chi connectivity index (χ0) is 20.4. The Morgan fingerprint density at radius 3 is 2.69 bits per heavy atom.